The van der Waals surface area contributed by atoms with E-state index in [1.807, 2.05) is 0 Å². The number of aromatic carboxylic acids is 1. The lowest BCUT2D eigenvalue weighted by atomic mass is 10.1. The van der Waals surface area contributed by atoms with Crippen molar-refractivity contribution in [3.05, 3.63) is 99.1 Å². The van der Waals surface area contributed by atoms with Crippen LogP contribution in [-0.2, 0) is 0 Å². The highest BCUT2D eigenvalue weighted by Gasteiger charge is 2.32. The minimum Gasteiger partial charge on any atom is -0.477 e. The van der Waals surface area contributed by atoms with Gasteiger partial charge in [0.25, 0.3) is 17.4 Å². The fourth-order valence-electron chi connectivity index (χ4n) is 4.77. The highest BCUT2D eigenvalue weighted by atomic mass is 35.5. The molecular formula is C27H23ClN4O5. The monoisotopic (exact) mass is 518 g/mol. The fraction of sp³-hybridized carbons (Fsp3) is 0.185. The Morgan fingerprint density at radius 1 is 0.946 bits per heavy atom. The number of amides is 2. The third kappa shape index (κ3) is 4.85. The highest BCUT2D eigenvalue weighted by molar-refractivity contribution is 6.31. The molecule has 2 atom stereocenters. The molecule has 1 aliphatic carbocycles. The Balaban J connectivity index is 1.31. The molecule has 4 aromatic rings. The van der Waals surface area contributed by atoms with E-state index in [0.29, 0.717) is 40.0 Å². The van der Waals surface area contributed by atoms with Crippen LogP contribution in [0, 0.1) is 0 Å². The Morgan fingerprint density at radius 2 is 1.65 bits per heavy atom. The first-order valence-electron chi connectivity index (χ1n) is 11.8. The van der Waals surface area contributed by atoms with E-state index < -0.39 is 11.9 Å². The average molecular weight is 519 g/mol. The summed E-state index contributed by atoms with van der Waals surface area (Å²) < 4.78 is 1.48. The predicted molar refractivity (Wildman–Crippen MR) is 139 cm³/mol. The number of carbonyl (C=O) groups is 3. The number of carbonyl (C=O) groups excluding carboxylic acids is 2. The number of halogens is 1. The third-order valence-electron chi connectivity index (χ3n) is 6.58. The maximum atomic E-state index is 13.2. The van der Waals surface area contributed by atoms with Crippen molar-refractivity contribution in [1.82, 2.24) is 20.2 Å². The molecule has 0 spiro atoms. The molecule has 1 fully saturated rings. The number of carboxylic acid groups (broad SMARTS) is 1. The molecule has 0 aliphatic heterocycles. The Kier molecular flexibility index (Phi) is 6.54. The molecular weight excluding hydrogens is 496 g/mol. The number of rotatable bonds is 6. The van der Waals surface area contributed by atoms with Gasteiger partial charge in [0.15, 0.2) is 0 Å². The summed E-state index contributed by atoms with van der Waals surface area (Å²) in [7, 11) is 0. The molecule has 2 unspecified atom stereocenters. The molecule has 4 N–H and O–H groups in total. The van der Waals surface area contributed by atoms with Crippen LogP contribution in [-0.4, -0.2) is 44.5 Å². The number of nitrogens with zero attached hydrogens (tertiary/aromatic N) is 1. The van der Waals surface area contributed by atoms with Crippen molar-refractivity contribution >= 4 is 40.3 Å². The van der Waals surface area contributed by atoms with Crippen LogP contribution < -0.4 is 16.2 Å². The smallest absolute Gasteiger partial charge is 0.353 e. The SMILES string of the molecule is O=C(NC1CCCC1NC(=O)c1c(C(=O)O)[nH]c2ccc(Cl)cc12)c1ccc(-n2ccccc2=O)cc1. The summed E-state index contributed by atoms with van der Waals surface area (Å²) >= 11 is 6.09. The van der Waals surface area contributed by atoms with Crippen LogP contribution in [0.2, 0.25) is 5.02 Å². The Labute approximate surface area is 216 Å². The fourth-order valence-corrected chi connectivity index (χ4v) is 4.94. The van der Waals surface area contributed by atoms with Gasteiger partial charge in [0.2, 0.25) is 0 Å². The van der Waals surface area contributed by atoms with Crippen LogP contribution in [0.5, 0.6) is 0 Å². The lowest BCUT2D eigenvalue weighted by molar-refractivity contribution is 0.0685. The number of benzene rings is 2. The molecule has 10 heteroatoms. The molecule has 0 saturated heterocycles. The van der Waals surface area contributed by atoms with E-state index >= 15 is 0 Å². The van der Waals surface area contributed by atoms with Crippen molar-refractivity contribution in [3.63, 3.8) is 0 Å². The van der Waals surface area contributed by atoms with Gasteiger partial charge in [-0.25, -0.2) is 4.79 Å². The molecule has 0 bridgehead atoms. The third-order valence-corrected chi connectivity index (χ3v) is 6.82. The van der Waals surface area contributed by atoms with E-state index in [9.17, 15) is 24.3 Å². The van der Waals surface area contributed by atoms with Crippen molar-refractivity contribution in [2.24, 2.45) is 0 Å². The van der Waals surface area contributed by atoms with Crippen LogP contribution in [0.25, 0.3) is 16.6 Å². The van der Waals surface area contributed by atoms with Crippen LogP contribution in [0.4, 0.5) is 0 Å². The zero-order valence-electron chi connectivity index (χ0n) is 19.5. The van der Waals surface area contributed by atoms with Gasteiger partial charge in [-0.15, -0.1) is 0 Å². The van der Waals surface area contributed by atoms with Gasteiger partial charge in [-0.1, -0.05) is 17.7 Å². The van der Waals surface area contributed by atoms with Crippen molar-refractivity contribution in [1.29, 1.82) is 0 Å². The zero-order chi connectivity index (χ0) is 26.1. The van der Waals surface area contributed by atoms with Crippen molar-refractivity contribution in [2.75, 3.05) is 0 Å². The highest BCUT2D eigenvalue weighted by Crippen LogP contribution is 2.27. The van der Waals surface area contributed by atoms with E-state index in [-0.39, 0.29) is 34.8 Å². The number of hydrogen-bond donors (Lipinski definition) is 4. The number of H-pyrrole nitrogens is 1. The van der Waals surface area contributed by atoms with Gasteiger partial charge < -0.3 is 20.7 Å². The molecule has 2 heterocycles. The molecule has 2 aromatic carbocycles. The predicted octanol–water partition coefficient (Wildman–Crippen LogP) is 3.75. The van der Waals surface area contributed by atoms with Crippen molar-refractivity contribution < 1.29 is 19.5 Å². The van der Waals surface area contributed by atoms with Gasteiger partial charge in [0.05, 0.1) is 5.56 Å². The van der Waals surface area contributed by atoms with Crippen LogP contribution in [0.3, 0.4) is 0 Å². The Morgan fingerprint density at radius 3 is 2.32 bits per heavy atom. The van der Waals surface area contributed by atoms with Gasteiger partial charge in [-0.05, 0) is 67.8 Å². The minimum atomic E-state index is -1.25. The number of pyridine rings is 1. The quantitative estimate of drug-likeness (QED) is 0.308. The number of aromatic amines is 1. The Hall–Kier alpha value is -4.37. The second-order valence-corrected chi connectivity index (χ2v) is 9.35. The average Bonchev–Trinajstić information content (AvgIpc) is 3.48. The van der Waals surface area contributed by atoms with Crippen LogP contribution >= 0.6 is 11.6 Å². The standard InChI is InChI=1S/C27H23ClN4O5/c28-16-9-12-19-18(14-16)23(24(29-19)27(36)37)26(35)31-21-5-3-4-20(21)30-25(34)15-7-10-17(11-8-15)32-13-2-1-6-22(32)33/h1-2,6-14,20-21,29H,3-5H2,(H,30,34)(H,31,35)(H,36,37). The molecule has 0 radical (unpaired) electrons. The molecule has 1 saturated carbocycles. The normalized spacial score (nSPS) is 17.0. The molecule has 188 valence electrons. The van der Waals surface area contributed by atoms with E-state index in [1.165, 1.54) is 10.6 Å². The molecule has 1 aliphatic rings. The first-order valence-corrected chi connectivity index (χ1v) is 12.1. The van der Waals surface area contributed by atoms with E-state index in [0.717, 1.165) is 6.42 Å². The van der Waals surface area contributed by atoms with E-state index in [1.54, 1.807) is 60.8 Å². The summed E-state index contributed by atoms with van der Waals surface area (Å²) in [5.74, 6) is -2.10. The number of carboxylic acids is 1. The largest absolute Gasteiger partial charge is 0.477 e. The van der Waals surface area contributed by atoms with Crippen LogP contribution in [0.1, 0.15) is 50.5 Å². The lowest BCUT2D eigenvalue weighted by Gasteiger charge is -2.22. The first-order chi connectivity index (χ1) is 17.8. The lowest BCUT2D eigenvalue weighted by Crippen LogP contribution is -2.48. The van der Waals surface area contributed by atoms with Crippen LogP contribution in [0.15, 0.2) is 71.7 Å². The van der Waals surface area contributed by atoms with Crippen molar-refractivity contribution in [2.45, 2.75) is 31.3 Å². The summed E-state index contributed by atoms with van der Waals surface area (Å²) in [5.41, 5.74) is 1.17. The van der Waals surface area contributed by atoms with E-state index in [2.05, 4.69) is 15.6 Å². The van der Waals surface area contributed by atoms with Gasteiger partial charge in [0, 0.05) is 51.5 Å². The van der Waals surface area contributed by atoms with Gasteiger partial charge in [0.1, 0.15) is 5.69 Å². The second-order valence-electron chi connectivity index (χ2n) is 8.92. The number of aromatic nitrogens is 2. The Bertz CT molecular complexity index is 1570. The van der Waals surface area contributed by atoms with Gasteiger partial charge in [-0.3, -0.25) is 19.0 Å². The summed E-state index contributed by atoms with van der Waals surface area (Å²) in [5, 5.41) is 16.3. The maximum absolute atomic E-state index is 13.2. The molecule has 9 nitrogen and oxygen atoms in total. The molecule has 5 rings (SSSR count). The number of nitrogens with one attached hydrogen (secondary N) is 3. The summed E-state index contributed by atoms with van der Waals surface area (Å²) in [6, 6.07) is 15.6. The summed E-state index contributed by atoms with van der Waals surface area (Å²) in [6.45, 7) is 0. The summed E-state index contributed by atoms with van der Waals surface area (Å²) in [6.07, 6.45) is 3.75. The topological polar surface area (TPSA) is 133 Å². The first kappa shape index (κ1) is 24.3. The zero-order valence-corrected chi connectivity index (χ0v) is 20.3. The van der Waals surface area contributed by atoms with Gasteiger partial charge in [-0.2, -0.15) is 0 Å². The van der Waals surface area contributed by atoms with Gasteiger partial charge >= 0.3 is 5.97 Å². The van der Waals surface area contributed by atoms with Crippen molar-refractivity contribution in [3.8, 4) is 5.69 Å². The number of hydrogen-bond acceptors (Lipinski definition) is 4. The number of fused-ring (bicyclic) bond motifs is 1. The second kappa shape index (κ2) is 9.94. The minimum absolute atomic E-state index is 0.00807. The summed E-state index contributed by atoms with van der Waals surface area (Å²) in [4.78, 5) is 52.8. The molecule has 37 heavy (non-hydrogen) atoms. The van der Waals surface area contributed by atoms with E-state index in [4.69, 9.17) is 11.6 Å². The maximum Gasteiger partial charge on any atom is 0.353 e. The molecule has 2 aromatic heterocycles. The molecule has 2 amide bonds.